The molecule has 0 aliphatic rings. The van der Waals surface area contributed by atoms with Crippen molar-refractivity contribution in [3.8, 4) is 0 Å². The predicted molar refractivity (Wildman–Crippen MR) is 57.3 cm³/mol. The van der Waals surface area contributed by atoms with Crippen LogP contribution in [0.25, 0.3) is 0 Å². The number of rotatable bonds is 9. The van der Waals surface area contributed by atoms with Crippen molar-refractivity contribution in [1.29, 1.82) is 0 Å². The van der Waals surface area contributed by atoms with Crippen LogP contribution in [0.1, 0.15) is 34.1 Å². The largest absolute Gasteiger partial charge is 0.379 e. The number of ether oxygens (including phenoxy) is 3. The molecule has 0 saturated carbocycles. The van der Waals surface area contributed by atoms with Gasteiger partial charge in [-0.1, -0.05) is 13.8 Å². The molecular formula is C11H24O3. The van der Waals surface area contributed by atoms with Crippen molar-refractivity contribution < 1.29 is 14.2 Å². The van der Waals surface area contributed by atoms with Crippen LogP contribution in [-0.2, 0) is 14.2 Å². The molecule has 0 unspecified atom stereocenters. The van der Waals surface area contributed by atoms with Crippen LogP contribution < -0.4 is 0 Å². The minimum atomic E-state index is 0.233. The quantitative estimate of drug-likeness (QED) is 0.426. The van der Waals surface area contributed by atoms with Crippen LogP contribution in [0.5, 0.6) is 0 Å². The first kappa shape index (κ1) is 13.9. The molecular weight excluding hydrogens is 180 g/mol. The summed E-state index contributed by atoms with van der Waals surface area (Å²) < 4.78 is 15.8. The van der Waals surface area contributed by atoms with Gasteiger partial charge in [-0.25, -0.2) is 0 Å². The summed E-state index contributed by atoms with van der Waals surface area (Å²) in [6.45, 7) is 10.8. The second kappa shape index (κ2) is 9.44. The van der Waals surface area contributed by atoms with E-state index in [4.69, 9.17) is 14.2 Å². The fraction of sp³-hybridized carbons (Fsp3) is 1.00. The first-order valence-corrected chi connectivity index (χ1v) is 5.40. The third kappa shape index (κ3) is 11.9. The normalized spacial score (nSPS) is 11.6. The lowest BCUT2D eigenvalue weighted by Gasteiger charge is -2.09. The Morgan fingerprint density at radius 2 is 1.50 bits per heavy atom. The summed E-state index contributed by atoms with van der Waals surface area (Å²) in [7, 11) is 0. The molecule has 0 aromatic carbocycles. The van der Waals surface area contributed by atoms with Gasteiger partial charge < -0.3 is 14.2 Å². The lowest BCUT2D eigenvalue weighted by Crippen LogP contribution is -2.11. The van der Waals surface area contributed by atoms with Crippen LogP contribution in [-0.4, -0.2) is 32.7 Å². The molecule has 0 atom stereocenters. The molecule has 0 saturated heterocycles. The maximum atomic E-state index is 5.37. The second-order valence-electron chi connectivity index (χ2n) is 4.04. The summed E-state index contributed by atoms with van der Waals surface area (Å²) in [5, 5.41) is 0. The fourth-order valence-corrected chi connectivity index (χ4v) is 0.782. The molecule has 0 amide bonds. The minimum absolute atomic E-state index is 0.233. The molecule has 14 heavy (non-hydrogen) atoms. The van der Waals surface area contributed by atoms with E-state index in [0.717, 1.165) is 13.0 Å². The Balaban J connectivity index is 2.92. The highest BCUT2D eigenvalue weighted by atomic mass is 16.7. The molecule has 0 radical (unpaired) electrons. The van der Waals surface area contributed by atoms with Gasteiger partial charge in [-0.05, 0) is 26.2 Å². The number of hydrogen-bond donors (Lipinski definition) is 0. The zero-order valence-electron chi connectivity index (χ0n) is 9.91. The van der Waals surface area contributed by atoms with Crippen molar-refractivity contribution in [2.45, 2.75) is 40.2 Å². The Morgan fingerprint density at radius 3 is 2.07 bits per heavy atom. The topological polar surface area (TPSA) is 27.7 Å². The van der Waals surface area contributed by atoms with Crippen molar-refractivity contribution in [2.75, 3.05) is 26.6 Å². The van der Waals surface area contributed by atoms with Gasteiger partial charge in [0.25, 0.3) is 0 Å². The lowest BCUT2D eigenvalue weighted by atomic mass is 10.1. The van der Waals surface area contributed by atoms with Crippen LogP contribution in [0.2, 0.25) is 0 Å². The molecule has 86 valence electrons. The molecule has 3 nitrogen and oxygen atoms in total. The van der Waals surface area contributed by atoms with E-state index >= 15 is 0 Å². The number of hydrogen-bond acceptors (Lipinski definition) is 3. The zero-order chi connectivity index (χ0) is 10.8. The van der Waals surface area contributed by atoms with Crippen molar-refractivity contribution in [3.05, 3.63) is 0 Å². The van der Waals surface area contributed by atoms with Gasteiger partial charge >= 0.3 is 0 Å². The molecule has 3 heteroatoms. The van der Waals surface area contributed by atoms with Gasteiger partial charge in [0, 0.05) is 6.61 Å². The highest BCUT2D eigenvalue weighted by molar-refractivity contribution is 4.42. The Kier molecular flexibility index (Phi) is 9.35. The molecule has 0 spiro atoms. The first-order valence-electron chi connectivity index (χ1n) is 5.40. The molecule has 0 bridgehead atoms. The molecule has 0 fully saturated rings. The van der Waals surface area contributed by atoms with Gasteiger partial charge in [-0.2, -0.15) is 0 Å². The second-order valence-corrected chi connectivity index (χ2v) is 4.04. The average molecular weight is 204 g/mol. The third-order valence-corrected chi connectivity index (χ3v) is 1.70. The van der Waals surface area contributed by atoms with E-state index in [1.807, 2.05) is 13.8 Å². The van der Waals surface area contributed by atoms with Crippen molar-refractivity contribution in [1.82, 2.24) is 0 Å². The van der Waals surface area contributed by atoms with Gasteiger partial charge in [-0.15, -0.1) is 0 Å². The Bertz CT molecular complexity index is 99.1. The van der Waals surface area contributed by atoms with E-state index in [9.17, 15) is 0 Å². The van der Waals surface area contributed by atoms with E-state index in [1.165, 1.54) is 0 Å². The zero-order valence-corrected chi connectivity index (χ0v) is 9.91. The summed E-state index contributed by atoms with van der Waals surface area (Å²) >= 11 is 0. The fourth-order valence-electron chi connectivity index (χ4n) is 0.782. The highest BCUT2D eigenvalue weighted by Crippen LogP contribution is 1.98. The van der Waals surface area contributed by atoms with E-state index < -0.39 is 0 Å². The SMILES string of the molecule is CC(C)CCOCCOCOC(C)C. The molecule has 0 aliphatic carbocycles. The van der Waals surface area contributed by atoms with Crippen LogP contribution in [0.4, 0.5) is 0 Å². The van der Waals surface area contributed by atoms with Crippen LogP contribution in [0.3, 0.4) is 0 Å². The minimum Gasteiger partial charge on any atom is -0.379 e. The van der Waals surface area contributed by atoms with E-state index in [-0.39, 0.29) is 6.10 Å². The van der Waals surface area contributed by atoms with E-state index in [1.54, 1.807) is 0 Å². The molecule has 0 heterocycles. The molecule has 0 aromatic rings. The molecule has 0 N–H and O–H groups in total. The lowest BCUT2D eigenvalue weighted by molar-refractivity contribution is -0.0904. The summed E-state index contributed by atoms with van der Waals surface area (Å²) in [5.74, 6) is 0.709. The van der Waals surface area contributed by atoms with Gasteiger partial charge in [0.05, 0.1) is 19.3 Å². The van der Waals surface area contributed by atoms with Crippen molar-refractivity contribution >= 4 is 0 Å². The standard InChI is InChI=1S/C11H24O3/c1-10(2)5-6-12-7-8-13-9-14-11(3)4/h10-11H,5-9H2,1-4H3. The van der Waals surface area contributed by atoms with Crippen LogP contribution in [0, 0.1) is 5.92 Å². The summed E-state index contributed by atoms with van der Waals surface area (Å²) in [5.41, 5.74) is 0. The molecule has 0 aromatic heterocycles. The highest BCUT2D eigenvalue weighted by Gasteiger charge is 1.95. The van der Waals surface area contributed by atoms with Gasteiger partial charge in [-0.3, -0.25) is 0 Å². The Labute approximate surface area is 87.7 Å². The Morgan fingerprint density at radius 1 is 0.857 bits per heavy atom. The van der Waals surface area contributed by atoms with E-state index in [0.29, 0.717) is 25.9 Å². The first-order chi connectivity index (χ1) is 6.63. The van der Waals surface area contributed by atoms with Crippen LogP contribution in [0.15, 0.2) is 0 Å². The van der Waals surface area contributed by atoms with Crippen LogP contribution >= 0.6 is 0 Å². The van der Waals surface area contributed by atoms with Crippen molar-refractivity contribution in [3.63, 3.8) is 0 Å². The monoisotopic (exact) mass is 204 g/mol. The van der Waals surface area contributed by atoms with Gasteiger partial charge in [0.2, 0.25) is 0 Å². The maximum Gasteiger partial charge on any atom is 0.147 e. The Hall–Kier alpha value is -0.120. The summed E-state index contributed by atoms with van der Waals surface area (Å²) in [6.07, 6.45) is 1.35. The van der Waals surface area contributed by atoms with E-state index in [2.05, 4.69) is 13.8 Å². The molecule has 0 aliphatic heterocycles. The summed E-state index contributed by atoms with van der Waals surface area (Å²) in [4.78, 5) is 0. The molecule has 0 rings (SSSR count). The van der Waals surface area contributed by atoms with Gasteiger partial charge in [0.1, 0.15) is 6.79 Å². The smallest absolute Gasteiger partial charge is 0.147 e. The third-order valence-electron chi connectivity index (χ3n) is 1.70. The maximum absolute atomic E-state index is 5.37. The van der Waals surface area contributed by atoms with Gasteiger partial charge in [0.15, 0.2) is 0 Å². The van der Waals surface area contributed by atoms with Crippen molar-refractivity contribution in [2.24, 2.45) is 5.92 Å². The summed E-state index contributed by atoms with van der Waals surface area (Å²) in [6, 6.07) is 0. The predicted octanol–water partition coefficient (Wildman–Crippen LogP) is 2.45. The average Bonchev–Trinajstić information content (AvgIpc) is 2.08.